The Morgan fingerprint density at radius 2 is 1.76 bits per heavy atom. The van der Waals surface area contributed by atoms with Crippen molar-refractivity contribution in [2.45, 2.75) is 58.3 Å². The summed E-state index contributed by atoms with van der Waals surface area (Å²) < 4.78 is 38.7. The van der Waals surface area contributed by atoms with Crippen molar-refractivity contribution < 1.29 is 13.2 Å². The third kappa shape index (κ3) is 3.58. The minimum atomic E-state index is -4.23. The Bertz CT molecular complexity index is 243. The van der Waals surface area contributed by atoms with Crippen molar-refractivity contribution in [3.8, 4) is 0 Å². The number of alkyl halides is 3. The summed E-state index contributed by atoms with van der Waals surface area (Å²) in [4.78, 5) is 1.50. The molecular weight excluding hydrogens is 229 g/mol. The van der Waals surface area contributed by atoms with Gasteiger partial charge in [0.25, 0.3) is 0 Å². The lowest BCUT2D eigenvalue weighted by atomic mass is 9.78. The van der Waals surface area contributed by atoms with Crippen LogP contribution in [-0.4, -0.2) is 36.2 Å². The quantitative estimate of drug-likeness (QED) is 0.837. The van der Waals surface area contributed by atoms with Crippen LogP contribution in [0.3, 0.4) is 0 Å². The molecule has 0 radical (unpaired) electrons. The van der Waals surface area contributed by atoms with Crippen molar-refractivity contribution in [2.24, 2.45) is 11.1 Å². The van der Waals surface area contributed by atoms with Gasteiger partial charge in [-0.2, -0.15) is 13.2 Å². The summed E-state index contributed by atoms with van der Waals surface area (Å²) in [7, 11) is 0. The number of piperidine rings is 1. The molecule has 0 saturated carbocycles. The molecule has 0 aromatic carbocycles. The molecule has 2 N–H and O–H groups in total. The van der Waals surface area contributed by atoms with E-state index < -0.39 is 18.3 Å². The normalized spacial score (nSPS) is 25.6. The zero-order chi connectivity index (χ0) is 13.3. The average molecular weight is 252 g/mol. The predicted octanol–water partition coefficient (Wildman–Crippen LogP) is 2.78. The van der Waals surface area contributed by atoms with Crippen LogP contribution in [0.15, 0.2) is 0 Å². The molecule has 1 aliphatic rings. The second kappa shape index (κ2) is 5.14. The second-order valence-electron chi connectivity index (χ2n) is 5.55. The third-order valence-electron chi connectivity index (χ3n) is 4.09. The summed E-state index contributed by atoms with van der Waals surface area (Å²) in [6.07, 6.45) is -1.56. The molecule has 1 saturated heterocycles. The molecule has 102 valence electrons. The smallest absolute Gasteiger partial charge is 0.326 e. The lowest BCUT2D eigenvalue weighted by Gasteiger charge is -2.43. The Hall–Kier alpha value is -0.290. The first-order chi connectivity index (χ1) is 7.69. The highest BCUT2D eigenvalue weighted by molar-refractivity contribution is 4.90. The lowest BCUT2D eigenvalue weighted by Crippen LogP contribution is -2.57. The van der Waals surface area contributed by atoms with Crippen molar-refractivity contribution in [3.63, 3.8) is 0 Å². The van der Waals surface area contributed by atoms with Gasteiger partial charge in [0.05, 0.1) is 0 Å². The fraction of sp³-hybridized carbons (Fsp3) is 1.00. The van der Waals surface area contributed by atoms with E-state index in [-0.39, 0.29) is 5.41 Å². The van der Waals surface area contributed by atoms with Crippen LogP contribution in [0.5, 0.6) is 0 Å². The van der Waals surface area contributed by atoms with Crippen LogP contribution in [0, 0.1) is 5.41 Å². The molecule has 0 aromatic rings. The molecule has 2 unspecified atom stereocenters. The number of nitrogens with two attached hydrogens (primary N) is 1. The van der Waals surface area contributed by atoms with Gasteiger partial charge in [-0.1, -0.05) is 20.3 Å². The van der Waals surface area contributed by atoms with Gasteiger partial charge in [0.15, 0.2) is 0 Å². The summed E-state index contributed by atoms with van der Waals surface area (Å²) in [5, 5.41) is 0. The summed E-state index contributed by atoms with van der Waals surface area (Å²) >= 11 is 0. The van der Waals surface area contributed by atoms with Crippen LogP contribution in [0.2, 0.25) is 0 Å². The van der Waals surface area contributed by atoms with E-state index >= 15 is 0 Å². The second-order valence-corrected chi connectivity index (χ2v) is 5.55. The fourth-order valence-corrected chi connectivity index (χ4v) is 2.53. The van der Waals surface area contributed by atoms with Gasteiger partial charge in [-0.15, -0.1) is 0 Å². The zero-order valence-corrected chi connectivity index (χ0v) is 10.8. The van der Waals surface area contributed by atoms with Gasteiger partial charge in [0.2, 0.25) is 0 Å². The first kappa shape index (κ1) is 14.8. The van der Waals surface area contributed by atoms with Gasteiger partial charge >= 0.3 is 6.18 Å². The van der Waals surface area contributed by atoms with Crippen LogP contribution in [0.4, 0.5) is 13.2 Å². The van der Waals surface area contributed by atoms with Gasteiger partial charge in [-0.05, 0) is 38.3 Å². The zero-order valence-electron chi connectivity index (χ0n) is 10.8. The molecule has 0 amide bonds. The number of rotatable bonds is 3. The van der Waals surface area contributed by atoms with Gasteiger partial charge in [-0.25, -0.2) is 0 Å². The molecule has 0 aromatic heterocycles. The average Bonchev–Trinajstić information content (AvgIpc) is 2.19. The summed E-state index contributed by atoms with van der Waals surface area (Å²) in [6.45, 7) is 6.68. The van der Waals surface area contributed by atoms with Crippen molar-refractivity contribution in [1.82, 2.24) is 4.90 Å². The third-order valence-corrected chi connectivity index (χ3v) is 4.09. The van der Waals surface area contributed by atoms with Crippen LogP contribution >= 0.6 is 0 Å². The molecule has 2 nitrogen and oxygen atoms in total. The first-order valence-electron chi connectivity index (χ1n) is 6.26. The standard InChI is InChI=1S/C12H23F3N2/c1-4-11(3)5-7-17(8-6-11)10(9(2)16)12(13,14)15/h9-10H,4-8,16H2,1-3H3. The predicted molar refractivity (Wildman–Crippen MR) is 62.7 cm³/mol. The first-order valence-corrected chi connectivity index (χ1v) is 6.26. The van der Waals surface area contributed by atoms with E-state index in [1.54, 1.807) is 0 Å². The van der Waals surface area contributed by atoms with Crippen LogP contribution in [0.1, 0.15) is 40.0 Å². The Balaban J connectivity index is 2.68. The molecule has 1 fully saturated rings. The molecule has 0 spiro atoms. The van der Waals surface area contributed by atoms with Gasteiger partial charge in [0, 0.05) is 6.04 Å². The Morgan fingerprint density at radius 3 is 2.06 bits per heavy atom. The Morgan fingerprint density at radius 1 is 1.29 bits per heavy atom. The molecule has 0 aliphatic carbocycles. The van der Waals surface area contributed by atoms with Crippen molar-refractivity contribution in [2.75, 3.05) is 13.1 Å². The largest absolute Gasteiger partial charge is 0.405 e. The van der Waals surface area contributed by atoms with E-state index in [1.165, 1.54) is 11.8 Å². The maximum Gasteiger partial charge on any atom is 0.405 e. The van der Waals surface area contributed by atoms with E-state index in [1.807, 2.05) is 0 Å². The Labute approximate surface area is 101 Å². The molecular formula is C12H23F3N2. The van der Waals surface area contributed by atoms with E-state index in [9.17, 15) is 13.2 Å². The van der Waals surface area contributed by atoms with Crippen molar-refractivity contribution >= 4 is 0 Å². The van der Waals surface area contributed by atoms with Crippen molar-refractivity contribution in [1.29, 1.82) is 0 Å². The highest BCUT2D eigenvalue weighted by Gasteiger charge is 2.47. The van der Waals surface area contributed by atoms with Crippen LogP contribution in [-0.2, 0) is 0 Å². The van der Waals surface area contributed by atoms with E-state index in [4.69, 9.17) is 5.73 Å². The summed E-state index contributed by atoms with van der Waals surface area (Å²) in [5.41, 5.74) is 5.69. The topological polar surface area (TPSA) is 29.3 Å². The highest BCUT2D eigenvalue weighted by Crippen LogP contribution is 2.37. The molecule has 1 aliphatic heterocycles. The molecule has 0 bridgehead atoms. The molecule has 5 heteroatoms. The number of likely N-dealkylation sites (tertiary alicyclic amines) is 1. The summed E-state index contributed by atoms with van der Waals surface area (Å²) in [6, 6.07) is -2.37. The molecule has 1 rings (SSSR count). The van der Waals surface area contributed by atoms with Gasteiger partial charge in [0.1, 0.15) is 6.04 Å². The molecule has 1 heterocycles. The fourth-order valence-electron chi connectivity index (χ4n) is 2.53. The van der Waals surface area contributed by atoms with Gasteiger partial charge in [-0.3, -0.25) is 4.90 Å². The van der Waals surface area contributed by atoms with Crippen LogP contribution < -0.4 is 5.73 Å². The van der Waals surface area contributed by atoms with Crippen molar-refractivity contribution in [3.05, 3.63) is 0 Å². The number of halogens is 3. The summed E-state index contributed by atoms with van der Waals surface area (Å²) in [5.74, 6) is 0. The van der Waals surface area contributed by atoms with E-state index in [0.29, 0.717) is 13.1 Å². The Kier molecular flexibility index (Phi) is 4.47. The molecule has 2 atom stereocenters. The minimum Gasteiger partial charge on any atom is -0.326 e. The minimum absolute atomic E-state index is 0.199. The molecule has 17 heavy (non-hydrogen) atoms. The van der Waals surface area contributed by atoms with E-state index in [0.717, 1.165) is 19.3 Å². The highest BCUT2D eigenvalue weighted by atomic mass is 19.4. The lowest BCUT2D eigenvalue weighted by molar-refractivity contribution is -0.193. The monoisotopic (exact) mass is 252 g/mol. The maximum atomic E-state index is 12.9. The maximum absolute atomic E-state index is 12.9. The van der Waals surface area contributed by atoms with Crippen LogP contribution in [0.25, 0.3) is 0 Å². The number of hydrogen-bond acceptors (Lipinski definition) is 2. The number of hydrogen-bond donors (Lipinski definition) is 1. The number of nitrogens with zero attached hydrogens (tertiary/aromatic N) is 1. The SMILES string of the molecule is CCC1(C)CCN(C(C(C)N)C(F)(F)F)CC1. The van der Waals surface area contributed by atoms with Gasteiger partial charge < -0.3 is 5.73 Å². The van der Waals surface area contributed by atoms with E-state index in [2.05, 4.69) is 13.8 Å².